The molecule has 0 bridgehead atoms. The summed E-state index contributed by atoms with van der Waals surface area (Å²) >= 11 is 3.48. The number of rotatable bonds is 6. The van der Waals surface area contributed by atoms with Crippen LogP contribution in [0.1, 0.15) is 26.7 Å². The van der Waals surface area contributed by atoms with Gasteiger partial charge in [0.2, 0.25) is 0 Å². The van der Waals surface area contributed by atoms with E-state index in [1.165, 1.54) is 52.1 Å². The lowest BCUT2D eigenvalue weighted by atomic mass is 10.2. The molecule has 0 atom stereocenters. The summed E-state index contributed by atoms with van der Waals surface area (Å²) in [6, 6.07) is 0. The van der Waals surface area contributed by atoms with Crippen molar-refractivity contribution in [2.75, 3.05) is 44.6 Å². The SMILES string of the molecule is CC(C)CN1CCN(CCCCBr)CC1. The Morgan fingerprint density at radius 1 is 1.00 bits per heavy atom. The van der Waals surface area contributed by atoms with E-state index in [1.807, 2.05) is 0 Å². The highest BCUT2D eigenvalue weighted by Crippen LogP contribution is 2.06. The maximum Gasteiger partial charge on any atom is 0.0110 e. The molecule has 1 rings (SSSR count). The Labute approximate surface area is 103 Å². The van der Waals surface area contributed by atoms with Gasteiger partial charge >= 0.3 is 0 Å². The van der Waals surface area contributed by atoms with E-state index in [-0.39, 0.29) is 0 Å². The molecule has 0 aromatic heterocycles. The van der Waals surface area contributed by atoms with Gasteiger partial charge in [0.1, 0.15) is 0 Å². The van der Waals surface area contributed by atoms with E-state index in [0.717, 1.165) is 11.2 Å². The Balaban J connectivity index is 2.07. The van der Waals surface area contributed by atoms with Crippen LogP contribution in [-0.4, -0.2) is 54.4 Å². The van der Waals surface area contributed by atoms with Crippen LogP contribution in [0.25, 0.3) is 0 Å². The van der Waals surface area contributed by atoms with Gasteiger partial charge in [0.15, 0.2) is 0 Å². The second-order valence-corrected chi connectivity index (χ2v) is 5.73. The summed E-state index contributed by atoms with van der Waals surface area (Å²) in [6.45, 7) is 12.3. The molecule has 2 nitrogen and oxygen atoms in total. The molecule has 3 heteroatoms. The fourth-order valence-corrected chi connectivity index (χ4v) is 2.54. The summed E-state index contributed by atoms with van der Waals surface area (Å²) in [5.41, 5.74) is 0. The minimum absolute atomic E-state index is 0.810. The average molecular weight is 277 g/mol. The van der Waals surface area contributed by atoms with Gasteiger partial charge in [0.05, 0.1) is 0 Å². The van der Waals surface area contributed by atoms with Crippen LogP contribution in [0.2, 0.25) is 0 Å². The third kappa shape index (κ3) is 5.88. The van der Waals surface area contributed by atoms with Crippen LogP contribution in [0.3, 0.4) is 0 Å². The van der Waals surface area contributed by atoms with Crippen molar-refractivity contribution in [3.63, 3.8) is 0 Å². The normalized spacial score (nSPS) is 20.0. The molecule has 1 heterocycles. The predicted molar refractivity (Wildman–Crippen MR) is 70.7 cm³/mol. The fourth-order valence-electron chi connectivity index (χ4n) is 2.14. The summed E-state index contributed by atoms with van der Waals surface area (Å²) in [4.78, 5) is 5.21. The largest absolute Gasteiger partial charge is 0.301 e. The molecule has 0 aromatic carbocycles. The Morgan fingerprint density at radius 3 is 2.13 bits per heavy atom. The van der Waals surface area contributed by atoms with Crippen molar-refractivity contribution in [2.24, 2.45) is 5.92 Å². The van der Waals surface area contributed by atoms with Gasteiger partial charge in [-0.05, 0) is 25.3 Å². The van der Waals surface area contributed by atoms with Crippen LogP contribution in [0.5, 0.6) is 0 Å². The lowest BCUT2D eigenvalue weighted by Gasteiger charge is -2.35. The molecule has 0 spiro atoms. The second-order valence-electron chi connectivity index (χ2n) is 4.93. The number of unbranched alkanes of at least 4 members (excludes halogenated alkanes) is 1. The van der Waals surface area contributed by atoms with E-state index in [4.69, 9.17) is 0 Å². The highest BCUT2D eigenvalue weighted by atomic mass is 79.9. The van der Waals surface area contributed by atoms with Gasteiger partial charge < -0.3 is 9.80 Å². The Bertz CT molecular complexity index is 154. The Hall–Kier alpha value is 0.400. The molecule has 0 N–H and O–H groups in total. The molecule has 1 aliphatic rings. The highest BCUT2D eigenvalue weighted by molar-refractivity contribution is 9.09. The molecule has 0 radical (unpaired) electrons. The zero-order valence-corrected chi connectivity index (χ0v) is 11.8. The molecule has 1 fully saturated rings. The molecule has 90 valence electrons. The molecule has 0 unspecified atom stereocenters. The molecule has 1 saturated heterocycles. The first-order valence-electron chi connectivity index (χ1n) is 6.23. The number of hydrogen-bond donors (Lipinski definition) is 0. The van der Waals surface area contributed by atoms with E-state index in [9.17, 15) is 0 Å². The third-order valence-corrected chi connectivity index (χ3v) is 3.51. The van der Waals surface area contributed by atoms with E-state index >= 15 is 0 Å². The molecule has 0 aliphatic carbocycles. The van der Waals surface area contributed by atoms with Crippen LogP contribution in [0, 0.1) is 5.92 Å². The monoisotopic (exact) mass is 276 g/mol. The van der Waals surface area contributed by atoms with Gasteiger partial charge in [-0.3, -0.25) is 0 Å². The van der Waals surface area contributed by atoms with Crippen molar-refractivity contribution in [3.05, 3.63) is 0 Å². The first-order chi connectivity index (χ1) is 7.22. The van der Waals surface area contributed by atoms with Crippen LogP contribution in [0.15, 0.2) is 0 Å². The predicted octanol–water partition coefficient (Wildman–Crippen LogP) is 2.44. The fraction of sp³-hybridized carbons (Fsp3) is 1.00. The number of alkyl halides is 1. The van der Waals surface area contributed by atoms with E-state index in [1.54, 1.807) is 0 Å². The Kier molecular flexibility index (Phi) is 6.86. The number of nitrogens with zero attached hydrogens (tertiary/aromatic N) is 2. The maximum absolute atomic E-state index is 3.48. The summed E-state index contributed by atoms with van der Waals surface area (Å²) in [5.74, 6) is 0.810. The zero-order valence-electron chi connectivity index (χ0n) is 10.2. The summed E-state index contributed by atoms with van der Waals surface area (Å²) in [5, 5.41) is 1.15. The summed E-state index contributed by atoms with van der Waals surface area (Å²) < 4.78 is 0. The summed E-state index contributed by atoms with van der Waals surface area (Å²) in [6.07, 6.45) is 2.65. The highest BCUT2D eigenvalue weighted by Gasteiger charge is 2.16. The minimum Gasteiger partial charge on any atom is -0.301 e. The topological polar surface area (TPSA) is 6.48 Å². The van der Waals surface area contributed by atoms with Crippen molar-refractivity contribution < 1.29 is 0 Å². The van der Waals surface area contributed by atoms with Crippen LogP contribution in [0.4, 0.5) is 0 Å². The number of hydrogen-bond acceptors (Lipinski definition) is 2. The van der Waals surface area contributed by atoms with Gasteiger partial charge in [-0.15, -0.1) is 0 Å². The number of halogens is 1. The Morgan fingerprint density at radius 2 is 1.60 bits per heavy atom. The first kappa shape index (κ1) is 13.5. The quantitative estimate of drug-likeness (QED) is 0.543. The van der Waals surface area contributed by atoms with Gasteiger partial charge in [0, 0.05) is 38.1 Å². The van der Waals surface area contributed by atoms with Gasteiger partial charge in [-0.25, -0.2) is 0 Å². The van der Waals surface area contributed by atoms with E-state index in [0.29, 0.717) is 0 Å². The molecule has 0 amide bonds. The van der Waals surface area contributed by atoms with E-state index < -0.39 is 0 Å². The molecular formula is C12H25BrN2. The number of piperazine rings is 1. The maximum atomic E-state index is 3.48. The lowest BCUT2D eigenvalue weighted by Crippen LogP contribution is -2.47. The first-order valence-corrected chi connectivity index (χ1v) is 7.35. The zero-order chi connectivity index (χ0) is 11.1. The third-order valence-electron chi connectivity index (χ3n) is 2.95. The smallest absolute Gasteiger partial charge is 0.0110 e. The minimum atomic E-state index is 0.810. The second kappa shape index (κ2) is 7.64. The molecule has 0 saturated carbocycles. The van der Waals surface area contributed by atoms with Crippen molar-refractivity contribution >= 4 is 15.9 Å². The van der Waals surface area contributed by atoms with Gasteiger partial charge in [0.25, 0.3) is 0 Å². The molecule has 15 heavy (non-hydrogen) atoms. The lowest BCUT2D eigenvalue weighted by molar-refractivity contribution is 0.121. The van der Waals surface area contributed by atoms with Crippen molar-refractivity contribution in [1.29, 1.82) is 0 Å². The van der Waals surface area contributed by atoms with Crippen molar-refractivity contribution in [3.8, 4) is 0 Å². The average Bonchev–Trinajstić information content (AvgIpc) is 2.20. The standard InChI is InChI=1S/C12H25BrN2/c1-12(2)11-15-9-7-14(8-10-15)6-4-3-5-13/h12H,3-11H2,1-2H3. The summed E-state index contributed by atoms with van der Waals surface area (Å²) in [7, 11) is 0. The van der Waals surface area contributed by atoms with E-state index in [2.05, 4.69) is 39.6 Å². The molecule has 1 aliphatic heterocycles. The molecule has 0 aromatic rings. The van der Waals surface area contributed by atoms with Crippen LogP contribution < -0.4 is 0 Å². The van der Waals surface area contributed by atoms with Crippen LogP contribution in [-0.2, 0) is 0 Å². The van der Waals surface area contributed by atoms with Crippen molar-refractivity contribution in [2.45, 2.75) is 26.7 Å². The van der Waals surface area contributed by atoms with Crippen molar-refractivity contribution in [1.82, 2.24) is 9.80 Å². The molecular weight excluding hydrogens is 252 g/mol. The van der Waals surface area contributed by atoms with Gasteiger partial charge in [-0.1, -0.05) is 29.8 Å². The van der Waals surface area contributed by atoms with Crippen LogP contribution >= 0.6 is 15.9 Å². The van der Waals surface area contributed by atoms with Gasteiger partial charge in [-0.2, -0.15) is 0 Å².